The Hall–Kier alpha value is -1.61. The van der Waals surface area contributed by atoms with Crippen LogP contribution in [0.25, 0.3) is 11.3 Å². The Labute approximate surface area is 114 Å². The van der Waals surface area contributed by atoms with Gasteiger partial charge < -0.3 is 5.73 Å². The van der Waals surface area contributed by atoms with Crippen LogP contribution in [0, 0.1) is 0 Å². The first-order valence-electron chi connectivity index (χ1n) is 7.13. The maximum absolute atomic E-state index is 5.60. The molecule has 1 aliphatic rings. The van der Waals surface area contributed by atoms with Crippen LogP contribution in [-0.2, 0) is 26.3 Å². The lowest BCUT2D eigenvalue weighted by Gasteiger charge is -2.16. The van der Waals surface area contributed by atoms with Gasteiger partial charge in [-0.1, -0.05) is 12.1 Å². The van der Waals surface area contributed by atoms with E-state index < -0.39 is 0 Å². The van der Waals surface area contributed by atoms with Gasteiger partial charge >= 0.3 is 0 Å². The molecule has 2 N–H and O–H groups in total. The standard InChI is InChI=1S/C16H21N3/c1-19-16(11-15(18-19)8-9-17)14-7-6-12-4-2-3-5-13(12)10-14/h6-7,10-11H,2-5,8-9,17H2,1H3. The zero-order valence-electron chi connectivity index (χ0n) is 11.5. The van der Waals surface area contributed by atoms with Gasteiger partial charge in [-0.05, 0) is 55.5 Å². The first-order chi connectivity index (χ1) is 9.28. The molecule has 0 aliphatic heterocycles. The predicted molar refractivity (Wildman–Crippen MR) is 78.0 cm³/mol. The Kier molecular flexibility index (Phi) is 3.38. The van der Waals surface area contributed by atoms with E-state index in [0.717, 1.165) is 12.1 Å². The summed E-state index contributed by atoms with van der Waals surface area (Å²) in [5, 5.41) is 4.53. The van der Waals surface area contributed by atoms with Gasteiger partial charge in [-0.25, -0.2) is 0 Å². The number of fused-ring (bicyclic) bond motifs is 1. The maximum Gasteiger partial charge on any atom is 0.0681 e. The maximum atomic E-state index is 5.60. The first-order valence-corrected chi connectivity index (χ1v) is 7.13. The van der Waals surface area contributed by atoms with E-state index in [1.165, 1.54) is 48.1 Å². The normalized spacial score (nSPS) is 14.4. The number of aryl methyl sites for hydroxylation is 3. The Morgan fingerprint density at radius 1 is 1.16 bits per heavy atom. The van der Waals surface area contributed by atoms with Crippen molar-refractivity contribution in [1.82, 2.24) is 9.78 Å². The molecule has 1 aromatic heterocycles. The van der Waals surface area contributed by atoms with Crippen molar-refractivity contribution in [2.45, 2.75) is 32.1 Å². The summed E-state index contributed by atoms with van der Waals surface area (Å²) in [4.78, 5) is 0. The van der Waals surface area contributed by atoms with Crippen molar-refractivity contribution in [1.29, 1.82) is 0 Å². The third-order valence-electron chi connectivity index (χ3n) is 3.98. The van der Waals surface area contributed by atoms with Gasteiger partial charge in [-0.15, -0.1) is 0 Å². The third-order valence-corrected chi connectivity index (χ3v) is 3.98. The highest BCUT2D eigenvalue weighted by Gasteiger charge is 2.12. The summed E-state index contributed by atoms with van der Waals surface area (Å²) in [5.41, 5.74) is 12.2. The highest BCUT2D eigenvalue weighted by molar-refractivity contribution is 5.62. The number of nitrogens with zero attached hydrogens (tertiary/aromatic N) is 2. The van der Waals surface area contributed by atoms with Gasteiger partial charge in [0.05, 0.1) is 11.4 Å². The molecular weight excluding hydrogens is 234 g/mol. The summed E-state index contributed by atoms with van der Waals surface area (Å²) < 4.78 is 1.97. The number of hydrogen-bond donors (Lipinski definition) is 1. The molecule has 0 unspecified atom stereocenters. The van der Waals surface area contributed by atoms with Crippen LogP contribution in [0.1, 0.15) is 29.7 Å². The summed E-state index contributed by atoms with van der Waals surface area (Å²) in [6.07, 6.45) is 5.95. The zero-order chi connectivity index (χ0) is 13.2. The molecule has 0 amide bonds. The number of nitrogens with two attached hydrogens (primary N) is 1. The molecule has 1 aliphatic carbocycles. The minimum Gasteiger partial charge on any atom is -0.330 e. The quantitative estimate of drug-likeness (QED) is 0.915. The van der Waals surface area contributed by atoms with Crippen molar-refractivity contribution in [3.63, 3.8) is 0 Å². The van der Waals surface area contributed by atoms with Crippen LogP contribution in [0.2, 0.25) is 0 Å². The van der Waals surface area contributed by atoms with Gasteiger partial charge in [-0.3, -0.25) is 4.68 Å². The van der Waals surface area contributed by atoms with Crippen LogP contribution in [0.5, 0.6) is 0 Å². The van der Waals surface area contributed by atoms with E-state index >= 15 is 0 Å². The van der Waals surface area contributed by atoms with Gasteiger partial charge in [0, 0.05) is 19.0 Å². The van der Waals surface area contributed by atoms with E-state index in [0.29, 0.717) is 6.54 Å². The largest absolute Gasteiger partial charge is 0.330 e. The second-order valence-corrected chi connectivity index (χ2v) is 5.37. The fraction of sp³-hybridized carbons (Fsp3) is 0.438. The monoisotopic (exact) mass is 255 g/mol. The van der Waals surface area contributed by atoms with Gasteiger partial charge in [0.1, 0.15) is 0 Å². The summed E-state index contributed by atoms with van der Waals surface area (Å²) in [5.74, 6) is 0. The molecule has 0 spiro atoms. The van der Waals surface area contributed by atoms with Crippen LogP contribution in [0.4, 0.5) is 0 Å². The molecule has 0 saturated carbocycles. The molecule has 0 atom stereocenters. The van der Waals surface area contributed by atoms with Crippen molar-refractivity contribution < 1.29 is 0 Å². The fourth-order valence-electron chi connectivity index (χ4n) is 2.96. The lowest BCUT2D eigenvalue weighted by Crippen LogP contribution is -2.04. The van der Waals surface area contributed by atoms with E-state index in [1.807, 2.05) is 11.7 Å². The Bertz CT molecular complexity index is 584. The van der Waals surface area contributed by atoms with Crippen molar-refractivity contribution in [2.24, 2.45) is 12.8 Å². The molecular formula is C16H21N3. The lowest BCUT2D eigenvalue weighted by atomic mass is 9.90. The van der Waals surface area contributed by atoms with E-state index in [1.54, 1.807) is 0 Å². The predicted octanol–water partition coefficient (Wildman–Crippen LogP) is 2.47. The number of benzene rings is 1. The van der Waals surface area contributed by atoms with Gasteiger partial charge in [-0.2, -0.15) is 5.10 Å². The van der Waals surface area contributed by atoms with E-state index in [9.17, 15) is 0 Å². The number of hydrogen-bond acceptors (Lipinski definition) is 2. The highest BCUT2D eigenvalue weighted by atomic mass is 15.3. The van der Waals surface area contributed by atoms with Gasteiger partial charge in [0.15, 0.2) is 0 Å². The Balaban J connectivity index is 1.97. The second kappa shape index (κ2) is 5.17. The van der Waals surface area contributed by atoms with Crippen molar-refractivity contribution in [2.75, 3.05) is 6.54 Å². The van der Waals surface area contributed by atoms with Crippen LogP contribution >= 0.6 is 0 Å². The van der Waals surface area contributed by atoms with Crippen molar-refractivity contribution in [3.8, 4) is 11.3 Å². The molecule has 3 nitrogen and oxygen atoms in total. The molecule has 3 rings (SSSR count). The number of aromatic nitrogens is 2. The first kappa shape index (κ1) is 12.4. The molecule has 0 fully saturated rings. The van der Waals surface area contributed by atoms with Crippen molar-refractivity contribution in [3.05, 3.63) is 41.1 Å². The topological polar surface area (TPSA) is 43.8 Å². The van der Waals surface area contributed by atoms with Crippen molar-refractivity contribution >= 4 is 0 Å². The molecule has 3 heteroatoms. The molecule has 1 heterocycles. The van der Waals surface area contributed by atoms with Gasteiger partial charge in [0.2, 0.25) is 0 Å². The highest BCUT2D eigenvalue weighted by Crippen LogP contribution is 2.27. The molecule has 2 aromatic rings. The average molecular weight is 255 g/mol. The average Bonchev–Trinajstić information content (AvgIpc) is 2.79. The smallest absolute Gasteiger partial charge is 0.0681 e. The van der Waals surface area contributed by atoms with Crippen LogP contribution in [0.3, 0.4) is 0 Å². The van der Waals surface area contributed by atoms with E-state index in [2.05, 4.69) is 29.4 Å². The third kappa shape index (κ3) is 2.43. The van der Waals surface area contributed by atoms with Crippen LogP contribution in [-0.4, -0.2) is 16.3 Å². The van der Waals surface area contributed by atoms with Crippen LogP contribution < -0.4 is 5.73 Å². The van der Waals surface area contributed by atoms with Crippen LogP contribution in [0.15, 0.2) is 24.3 Å². The van der Waals surface area contributed by atoms with Gasteiger partial charge in [0.25, 0.3) is 0 Å². The minimum atomic E-state index is 0.653. The molecule has 0 saturated heterocycles. The number of rotatable bonds is 3. The summed E-state index contributed by atoms with van der Waals surface area (Å²) >= 11 is 0. The SMILES string of the molecule is Cn1nc(CCN)cc1-c1ccc2c(c1)CCCC2. The Morgan fingerprint density at radius 2 is 1.95 bits per heavy atom. The Morgan fingerprint density at radius 3 is 2.74 bits per heavy atom. The molecule has 0 bridgehead atoms. The second-order valence-electron chi connectivity index (χ2n) is 5.37. The summed E-state index contributed by atoms with van der Waals surface area (Å²) in [6.45, 7) is 0.653. The molecule has 1 aromatic carbocycles. The fourth-order valence-corrected chi connectivity index (χ4v) is 2.96. The minimum absolute atomic E-state index is 0.653. The zero-order valence-corrected chi connectivity index (χ0v) is 11.5. The summed E-state index contributed by atoms with van der Waals surface area (Å²) in [7, 11) is 2.01. The van der Waals surface area contributed by atoms with E-state index in [-0.39, 0.29) is 0 Å². The molecule has 100 valence electrons. The molecule has 0 radical (unpaired) electrons. The van der Waals surface area contributed by atoms with E-state index in [4.69, 9.17) is 5.73 Å². The lowest BCUT2D eigenvalue weighted by molar-refractivity contribution is 0.685. The summed E-state index contributed by atoms with van der Waals surface area (Å²) in [6, 6.07) is 9.03. The molecule has 19 heavy (non-hydrogen) atoms.